The van der Waals surface area contributed by atoms with Crippen molar-refractivity contribution in [3.8, 4) is 0 Å². The molecule has 0 bridgehead atoms. The average Bonchev–Trinajstić information content (AvgIpc) is 2.16. The predicted octanol–water partition coefficient (Wildman–Crippen LogP) is 0.526. The molecule has 0 spiro atoms. The Bertz CT molecular complexity index is 146. The maximum atomic E-state index is 9.34. The summed E-state index contributed by atoms with van der Waals surface area (Å²) in [4.78, 5) is 0. The molecule has 0 aliphatic heterocycles. The van der Waals surface area contributed by atoms with Gasteiger partial charge in [-0.3, -0.25) is 0 Å². The van der Waals surface area contributed by atoms with Crippen LogP contribution in [0, 0.1) is 0 Å². The molecular formula is C10H23NO3. The van der Waals surface area contributed by atoms with E-state index >= 15 is 0 Å². The molecule has 0 radical (unpaired) electrons. The minimum atomic E-state index is -0.496. The first-order valence-electron chi connectivity index (χ1n) is 5.06. The molecule has 86 valence electrons. The Hall–Kier alpha value is -0.160. The number of ether oxygens (including phenoxy) is 2. The Morgan fingerprint density at radius 3 is 2.29 bits per heavy atom. The van der Waals surface area contributed by atoms with Crippen LogP contribution in [-0.4, -0.2) is 43.2 Å². The van der Waals surface area contributed by atoms with Gasteiger partial charge in [0, 0.05) is 13.7 Å². The number of rotatable bonds is 7. The van der Waals surface area contributed by atoms with Crippen molar-refractivity contribution in [3.63, 3.8) is 0 Å². The highest BCUT2D eigenvalue weighted by molar-refractivity contribution is 4.82. The number of nitrogens with two attached hydrogens (primary N) is 1. The quantitative estimate of drug-likeness (QED) is 0.636. The van der Waals surface area contributed by atoms with Crippen LogP contribution in [0.15, 0.2) is 0 Å². The zero-order valence-corrected chi connectivity index (χ0v) is 9.62. The average molecular weight is 205 g/mol. The third kappa shape index (κ3) is 3.92. The van der Waals surface area contributed by atoms with Gasteiger partial charge in [-0.05, 0) is 20.3 Å². The van der Waals surface area contributed by atoms with E-state index in [1.165, 1.54) is 0 Å². The summed E-state index contributed by atoms with van der Waals surface area (Å²) in [5, 5.41) is 9.34. The molecule has 0 fully saturated rings. The first kappa shape index (κ1) is 13.8. The van der Waals surface area contributed by atoms with E-state index < -0.39 is 11.7 Å². The lowest BCUT2D eigenvalue weighted by Crippen LogP contribution is -2.48. The van der Waals surface area contributed by atoms with Crippen LogP contribution in [0.4, 0.5) is 0 Å². The molecule has 14 heavy (non-hydrogen) atoms. The summed E-state index contributed by atoms with van der Waals surface area (Å²) in [6.45, 7) is 6.39. The molecule has 0 aromatic heterocycles. The van der Waals surface area contributed by atoms with Crippen molar-refractivity contribution in [2.75, 3.05) is 20.3 Å². The van der Waals surface area contributed by atoms with Crippen molar-refractivity contribution in [2.24, 2.45) is 5.73 Å². The first-order chi connectivity index (χ1) is 6.51. The maximum Gasteiger partial charge on any atom is 0.104 e. The normalized spacial score (nSPS) is 20.1. The van der Waals surface area contributed by atoms with E-state index in [1.54, 1.807) is 14.0 Å². The fourth-order valence-corrected chi connectivity index (χ4v) is 1.23. The van der Waals surface area contributed by atoms with Crippen LogP contribution in [-0.2, 0) is 9.47 Å². The largest absolute Gasteiger partial charge is 0.391 e. The van der Waals surface area contributed by atoms with Crippen LogP contribution in [0.5, 0.6) is 0 Å². The minimum Gasteiger partial charge on any atom is -0.391 e. The summed E-state index contributed by atoms with van der Waals surface area (Å²) in [5.41, 5.74) is 5.20. The Balaban J connectivity index is 4.33. The molecular weight excluding hydrogens is 182 g/mol. The monoisotopic (exact) mass is 205 g/mol. The summed E-state index contributed by atoms with van der Waals surface area (Å²) in [5.74, 6) is 0. The third-order valence-electron chi connectivity index (χ3n) is 2.54. The fourth-order valence-electron chi connectivity index (χ4n) is 1.23. The Morgan fingerprint density at radius 2 is 2.00 bits per heavy atom. The smallest absolute Gasteiger partial charge is 0.104 e. The Kier molecular flexibility index (Phi) is 6.27. The molecule has 0 saturated heterocycles. The van der Waals surface area contributed by atoms with Gasteiger partial charge in [0.15, 0.2) is 0 Å². The lowest BCUT2D eigenvalue weighted by molar-refractivity contribution is -0.145. The van der Waals surface area contributed by atoms with Crippen LogP contribution in [0.2, 0.25) is 0 Å². The highest BCUT2D eigenvalue weighted by Crippen LogP contribution is 2.18. The van der Waals surface area contributed by atoms with E-state index in [1.807, 2.05) is 13.8 Å². The number of aliphatic hydroxyl groups is 1. The molecule has 0 aromatic carbocycles. The summed E-state index contributed by atoms with van der Waals surface area (Å²) >= 11 is 0. The molecule has 3 atom stereocenters. The minimum absolute atomic E-state index is 0.228. The number of hydrogen-bond donors (Lipinski definition) is 2. The van der Waals surface area contributed by atoms with Gasteiger partial charge in [-0.25, -0.2) is 0 Å². The molecule has 0 aromatic rings. The van der Waals surface area contributed by atoms with Crippen molar-refractivity contribution < 1.29 is 14.6 Å². The molecule has 0 amide bonds. The van der Waals surface area contributed by atoms with Gasteiger partial charge in [0.05, 0.1) is 18.8 Å². The highest BCUT2D eigenvalue weighted by Gasteiger charge is 2.30. The summed E-state index contributed by atoms with van der Waals surface area (Å²) < 4.78 is 10.8. The van der Waals surface area contributed by atoms with E-state index in [9.17, 15) is 5.11 Å². The van der Waals surface area contributed by atoms with Crippen molar-refractivity contribution in [3.05, 3.63) is 0 Å². The SMILES string of the molecule is CCC(CN)(COC)OC(C)C(C)O. The predicted molar refractivity (Wildman–Crippen MR) is 56.2 cm³/mol. The van der Waals surface area contributed by atoms with Gasteiger partial charge in [-0.2, -0.15) is 0 Å². The van der Waals surface area contributed by atoms with Gasteiger partial charge in [0.25, 0.3) is 0 Å². The lowest BCUT2D eigenvalue weighted by atomic mass is 10.0. The van der Waals surface area contributed by atoms with Crippen molar-refractivity contribution >= 4 is 0 Å². The Labute approximate surface area is 86.4 Å². The lowest BCUT2D eigenvalue weighted by Gasteiger charge is -2.34. The third-order valence-corrected chi connectivity index (χ3v) is 2.54. The van der Waals surface area contributed by atoms with Crippen LogP contribution >= 0.6 is 0 Å². The zero-order valence-electron chi connectivity index (χ0n) is 9.62. The van der Waals surface area contributed by atoms with Crippen LogP contribution in [0.25, 0.3) is 0 Å². The first-order valence-corrected chi connectivity index (χ1v) is 5.06. The zero-order chi connectivity index (χ0) is 11.2. The van der Waals surface area contributed by atoms with Gasteiger partial charge in [-0.15, -0.1) is 0 Å². The van der Waals surface area contributed by atoms with Crippen molar-refractivity contribution in [2.45, 2.75) is 45.0 Å². The van der Waals surface area contributed by atoms with Crippen LogP contribution in [0.1, 0.15) is 27.2 Å². The van der Waals surface area contributed by atoms with Gasteiger partial charge in [0.2, 0.25) is 0 Å². The molecule has 0 aliphatic carbocycles. The number of aliphatic hydroxyl groups excluding tert-OH is 1. The van der Waals surface area contributed by atoms with E-state index in [0.29, 0.717) is 13.2 Å². The second kappa shape index (κ2) is 6.35. The van der Waals surface area contributed by atoms with Gasteiger partial charge in [-0.1, -0.05) is 6.92 Å². The van der Waals surface area contributed by atoms with Gasteiger partial charge >= 0.3 is 0 Å². The van der Waals surface area contributed by atoms with E-state index in [4.69, 9.17) is 15.2 Å². The second-order valence-electron chi connectivity index (χ2n) is 3.74. The van der Waals surface area contributed by atoms with Crippen molar-refractivity contribution in [1.29, 1.82) is 0 Å². The molecule has 0 aliphatic rings. The number of methoxy groups -OCH3 is 1. The molecule has 0 heterocycles. The fraction of sp³-hybridized carbons (Fsp3) is 1.00. The maximum absolute atomic E-state index is 9.34. The molecule has 0 rings (SSSR count). The second-order valence-corrected chi connectivity index (χ2v) is 3.74. The van der Waals surface area contributed by atoms with Crippen LogP contribution < -0.4 is 5.73 Å². The summed E-state index contributed by atoms with van der Waals surface area (Å²) in [6, 6.07) is 0. The van der Waals surface area contributed by atoms with Crippen molar-refractivity contribution in [1.82, 2.24) is 0 Å². The summed E-state index contributed by atoms with van der Waals surface area (Å²) in [7, 11) is 1.62. The molecule has 3 N–H and O–H groups in total. The van der Waals surface area contributed by atoms with Crippen LogP contribution in [0.3, 0.4) is 0 Å². The molecule has 0 saturated carbocycles. The van der Waals surface area contributed by atoms with E-state index in [0.717, 1.165) is 6.42 Å². The van der Waals surface area contributed by atoms with Gasteiger partial charge in [0.1, 0.15) is 5.60 Å². The molecule has 4 heteroatoms. The standard InChI is InChI=1S/C10H23NO3/c1-5-10(6-11,7-13-4)14-9(3)8(2)12/h8-9,12H,5-7,11H2,1-4H3. The molecule has 3 unspecified atom stereocenters. The van der Waals surface area contributed by atoms with Gasteiger partial charge < -0.3 is 20.3 Å². The summed E-state index contributed by atoms with van der Waals surface area (Å²) in [6.07, 6.45) is 0.0481. The van der Waals surface area contributed by atoms with E-state index in [-0.39, 0.29) is 6.10 Å². The highest BCUT2D eigenvalue weighted by atomic mass is 16.6. The topological polar surface area (TPSA) is 64.7 Å². The number of hydrogen-bond acceptors (Lipinski definition) is 4. The van der Waals surface area contributed by atoms with E-state index in [2.05, 4.69) is 0 Å². The Morgan fingerprint density at radius 1 is 1.43 bits per heavy atom. The molecule has 4 nitrogen and oxygen atoms in total.